The van der Waals surface area contributed by atoms with Crippen LogP contribution >= 0.6 is 0 Å². The summed E-state index contributed by atoms with van der Waals surface area (Å²) in [6.07, 6.45) is 2.13. The Morgan fingerprint density at radius 1 is 1.29 bits per heavy atom. The second-order valence-electron chi connectivity index (χ2n) is 5.79. The molecule has 1 aromatic carbocycles. The van der Waals surface area contributed by atoms with Gasteiger partial charge in [-0.3, -0.25) is 4.98 Å². The molecule has 0 amide bonds. The SMILES string of the molecule is O[C@]12CO[C@@H](Cc3nccc4c3[nH]c3ccccc34)[C@H]1O2. The first-order chi connectivity index (χ1) is 10.2. The molecule has 5 nitrogen and oxygen atoms in total. The molecule has 5 heteroatoms. The van der Waals surface area contributed by atoms with E-state index in [0.29, 0.717) is 6.42 Å². The normalized spacial score (nSPS) is 30.9. The maximum atomic E-state index is 9.87. The van der Waals surface area contributed by atoms with Crippen molar-refractivity contribution in [3.05, 3.63) is 42.2 Å². The molecule has 0 spiro atoms. The highest BCUT2D eigenvalue weighted by Crippen LogP contribution is 2.44. The summed E-state index contributed by atoms with van der Waals surface area (Å²) in [5.41, 5.74) is 3.10. The molecule has 3 aromatic rings. The van der Waals surface area contributed by atoms with Gasteiger partial charge in [-0.15, -0.1) is 0 Å². The van der Waals surface area contributed by atoms with Crippen LogP contribution in [0.1, 0.15) is 5.69 Å². The number of hydrogen-bond acceptors (Lipinski definition) is 4. The van der Waals surface area contributed by atoms with E-state index in [-0.39, 0.29) is 18.8 Å². The van der Waals surface area contributed by atoms with Crippen molar-refractivity contribution in [3.63, 3.8) is 0 Å². The van der Waals surface area contributed by atoms with Crippen LogP contribution in [0.4, 0.5) is 0 Å². The summed E-state index contributed by atoms with van der Waals surface area (Å²) in [6.45, 7) is 0.255. The minimum Gasteiger partial charge on any atom is -0.369 e. The van der Waals surface area contributed by atoms with E-state index in [1.165, 1.54) is 10.8 Å². The average Bonchev–Trinajstić information content (AvgIpc) is 2.89. The number of H-pyrrole nitrogens is 1. The molecule has 2 saturated heterocycles. The number of aromatic nitrogens is 2. The summed E-state index contributed by atoms with van der Waals surface area (Å²) in [4.78, 5) is 7.93. The van der Waals surface area contributed by atoms with Crippen molar-refractivity contribution in [1.82, 2.24) is 9.97 Å². The minimum absolute atomic E-state index is 0.125. The number of epoxide rings is 1. The van der Waals surface area contributed by atoms with E-state index in [9.17, 15) is 5.11 Å². The van der Waals surface area contributed by atoms with Crippen LogP contribution in [-0.4, -0.2) is 39.7 Å². The summed E-state index contributed by atoms with van der Waals surface area (Å²) >= 11 is 0. The average molecular weight is 282 g/mol. The van der Waals surface area contributed by atoms with Gasteiger partial charge in [-0.2, -0.15) is 0 Å². The van der Waals surface area contributed by atoms with Gasteiger partial charge >= 0.3 is 0 Å². The van der Waals surface area contributed by atoms with Crippen LogP contribution < -0.4 is 0 Å². The predicted octanol–water partition coefficient (Wildman–Crippen LogP) is 1.74. The van der Waals surface area contributed by atoms with Crippen molar-refractivity contribution >= 4 is 21.8 Å². The molecular weight excluding hydrogens is 268 g/mol. The highest BCUT2D eigenvalue weighted by molar-refractivity contribution is 6.07. The Morgan fingerprint density at radius 3 is 3.00 bits per heavy atom. The molecule has 0 aliphatic carbocycles. The van der Waals surface area contributed by atoms with Crippen molar-refractivity contribution in [1.29, 1.82) is 0 Å². The van der Waals surface area contributed by atoms with E-state index < -0.39 is 5.79 Å². The summed E-state index contributed by atoms with van der Waals surface area (Å²) in [5.74, 6) is -1.04. The molecular formula is C16H14N2O3. The number of aliphatic hydroxyl groups is 1. The standard InChI is InChI=1S/C16H14N2O3/c19-16-8-20-13(15(16)21-16)7-12-14-10(5-6-17-12)9-3-1-2-4-11(9)18-14/h1-6,13,15,18-19H,7-8H2/t13-,15+,16-/m0/s1. The zero-order chi connectivity index (χ0) is 14.0. The van der Waals surface area contributed by atoms with Crippen molar-refractivity contribution < 1.29 is 14.6 Å². The third-order valence-electron chi connectivity index (χ3n) is 4.46. The lowest BCUT2D eigenvalue weighted by atomic mass is 10.1. The van der Waals surface area contributed by atoms with Gasteiger partial charge in [0, 0.05) is 28.9 Å². The van der Waals surface area contributed by atoms with Crippen molar-refractivity contribution in [2.75, 3.05) is 6.61 Å². The highest BCUT2D eigenvalue weighted by atomic mass is 16.8. The fourth-order valence-electron chi connectivity index (χ4n) is 3.32. The summed E-state index contributed by atoms with van der Waals surface area (Å²) in [7, 11) is 0. The van der Waals surface area contributed by atoms with Crippen LogP contribution in [0, 0.1) is 0 Å². The number of benzene rings is 1. The molecule has 2 N–H and O–H groups in total. The quantitative estimate of drug-likeness (QED) is 0.702. The second-order valence-corrected chi connectivity index (χ2v) is 5.79. The highest BCUT2D eigenvalue weighted by Gasteiger charge is 2.65. The zero-order valence-corrected chi connectivity index (χ0v) is 11.2. The second kappa shape index (κ2) is 3.82. The first-order valence-electron chi connectivity index (χ1n) is 7.11. The van der Waals surface area contributed by atoms with E-state index in [1.807, 2.05) is 24.4 Å². The topological polar surface area (TPSA) is 70.7 Å². The minimum atomic E-state index is -1.04. The van der Waals surface area contributed by atoms with E-state index in [1.54, 1.807) is 0 Å². The Hall–Kier alpha value is -1.95. The number of ether oxygens (including phenoxy) is 2. The molecule has 0 saturated carbocycles. The van der Waals surface area contributed by atoms with E-state index in [4.69, 9.17) is 9.47 Å². The van der Waals surface area contributed by atoms with Crippen molar-refractivity contribution in [2.24, 2.45) is 0 Å². The van der Waals surface area contributed by atoms with E-state index in [2.05, 4.69) is 22.1 Å². The maximum absolute atomic E-state index is 9.87. The number of aromatic amines is 1. The van der Waals surface area contributed by atoms with Gasteiger partial charge in [0.25, 0.3) is 0 Å². The first-order valence-corrected chi connectivity index (χ1v) is 7.11. The maximum Gasteiger partial charge on any atom is 0.219 e. The van der Waals surface area contributed by atoms with Gasteiger partial charge in [-0.1, -0.05) is 18.2 Å². The zero-order valence-electron chi connectivity index (χ0n) is 11.2. The monoisotopic (exact) mass is 282 g/mol. The van der Waals surface area contributed by atoms with Crippen LogP contribution in [0.15, 0.2) is 36.5 Å². The van der Waals surface area contributed by atoms with Gasteiger partial charge < -0.3 is 19.6 Å². The Balaban J connectivity index is 1.60. The lowest BCUT2D eigenvalue weighted by Gasteiger charge is -2.10. The predicted molar refractivity (Wildman–Crippen MR) is 76.9 cm³/mol. The van der Waals surface area contributed by atoms with E-state index >= 15 is 0 Å². The first kappa shape index (κ1) is 11.7. The molecule has 0 bridgehead atoms. The van der Waals surface area contributed by atoms with Gasteiger partial charge in [-0.05, 0) is 12.1 Å². The summed E-state index contributed by atoms with van der Waals surface area (Å²) < 4.78 is 10.9. The Kier molecular flexibility index (Phi) is 2.13. The molecule has 2 fully saturated rings. The molecule has 2 aliphatic heterocycles. The molecule has 5 rings (SSSR count). The third-order valence-corrected chi connectivity index (χ3v) is 4.46. The van der Waals surface area contributed by atoms with Gasteiger partial charge in [0.1, 0.15) is 12.7 Å². The number of fused-ring (bicyclic) bond motifs is 4. The molecule has 4 heterocycles. The smallest absolute Gasteiger partial charge is 0.219 e. The molecule has 2 aliphatic rings. The molecule has 0 unspecified atom stereocenters. The van der Waals surface area contributed by atoms with Gasteiger partial charge in [0.05, 0.1) is 17.3 Å². The number of rotatable bonds is 2. The van der Waals surface area contributed by atoms with Crippen LogP contribution in [0.2, 0.25) is 0 Å². The van der Waals surface area contributed by atoms with Crippen LogP contribution in [0.3, 0.4) is 0 Å². The number of hydrogen-bond donors (Lipinski definition) is 2. The van der Waals surface area contributed by atoms with Crippen LogP contribution in [0.5, 0.6) is 0 Å². The molecule has 0 radical (unpaired) electrons. The molecule has 3 atom stereocenters. The Morgan fingerprint density at radius 2 is 2.19 bits per heavy atom. The fraction of sp³-hybridized carbons (Fsp3) is 0.312. The summed E-state index contributed by atoms with van der Waals surface area (Å²) in [5, 5.41) is 12.2. The van der Waals surface area contributed by atoms with Gasteiger partial charge in [-0.25, -0.2) is 0 Å². The molecule has 2 aromatic heterocycles. The number of nitrogens with one attached hydrogen (secondary N) is 1. The van der Waals surface area contributed by atoms with Gasteiger partial charge in [0.2, 0.25) is 5.79 Å². The summed E-state index contributed by atoms with van der Waals surface area (Å²) in [6, 6.07) is 10.2. The molecule has 21 heavy (non-hydrogen) atoms. The van der Waals surface area contributed by atoms with E-state index in [0.717, 1.165) is 16.7 Å². The number of para-hydroxylation sites is 1. The van der Waals surface area contributed by atoms with Crippen LogP contribution in [0.25, 0.3) is 21.8 Å². The number of nitrogens with zero attached hydrogens (tertiary/aromatic N) is 1. The van der Waals surface area contributed by atoms with Crippen molar-refractivity contribution in [3.8, 4) is 0 Å². The fourth-order valence-corrected chi connectivity index (χ4v) is 3.32. The van der Waals surface area contributed by atoms with Gasteiger partial charge in [0.15, 0.2) is 0 Å². The number of pyridine rings is 1. The lowest BCUT2D eigenvalue weighted by Crippen LogP contribution is -2.18. The van der Waals surface area contributed by atoms with Crippen LogP contribution in [-0.2, 0) is 15.9 Å². The third kappa shape index (κ3) is 1.59. The Labute approximate surface area is 120 Å². The lowest BCUT2D eigenvalue weighted by molar-refractivity contribution is -0.0599. The largest absolute Gasteiger partial charge is 0.369 e. The molecule has 106 valence electrons. The van der Waals surface area contributed by atoms with Crippen molar-refractivity contribution in [2.45, 2.75) is 24.4 Å². The Bertz CT molecular complexity index is 859.